The summed E-state index contributed by atoms with van der Waals surface area (Å²) in [6.45, 7) is 1.28. The van der Waals surface area contributed by atoms with Gasteiger partial charge in [-0.2, -0.15) is 0 Å². The number of carbonyl (C=O) groups excluding carboxylic acids is 1. The van der Waals surface area contributed by atoms with Crippen LogP contribution < -0.4 is 10.8 Å². The Morgan fingerprint density at radius 2 is 1.86 bits per heavy atom. The molecule has 0 saturated heterocycles. The molecule has 1 amide bonds. The van der Waals surface area contributed by atoms with E-state index in [1.807, 2.05) is 54.6 Å². The van der Waals surface area contributed by atoms with Gasteiger partial charge in [-0.25, -0.2) is 5.48 Å². The number of hydrogen-bond acceptors (Lipinski definition) is 4. The van der Waals surface area contributed by atoms with E-state index in [1.165, 1.54) is 0 Å². The average molecular weight is 300 g/mol. The SMILES string of the molecule is COCCNc1cccc(C(C(=O)NO)c2ccccc2)c1. The predicted molar refractivity (Wildman–Crippen MR) is 85.0 cm³/mol. The van der Waals surface area contributed by atoms with Gasteiger partial charge in [-0.1, -0.05) is 42.5 Å². The van der Waals surface area contributed by atoms with Gasteiger partial charge in [0.1, 0.15) is 0 Å². The van der Waals surface area contributed by atoms with Crippen LogP contribution >= 0.6 is 0 Å². The Labute approximate surface area is 129 Å². The highest BCUT2D eigenvalue weighted by Crippen LogP contribution is 2.26. The van der Waals surface area contributed by atoms with Gasteiger partial charge in [0.05, 0.1) is 12.5 Å². The van der Waals surface area contributed by atoms with E-state index in [2.05, 4.69) is 5.32 Å². The molecule has 1 unspecified atom stereocenters. The maximum atomic E-state index is 12.1. The summed E-state index contributed by atoms with van der Waals surface area (Å²) >= 11 is 0. The van der Waals surface area contributed by atoms with Gasteiger partial charge < -0.3 is 10.1 Å². The van der Waals surface area contributed by atoms with Crippen molar-refractivity contribution in [2.75, 3.05) is 25.6 Å². The minimum atomic E-state index is -0.560. The van der Waals surface area contributed by atoms with Crippen molar-refractivity contribution in [3.63, 3.8) is 0 Å². The number of hydroxylamine groups is 1. The van der Waals surface area contributed by atoms with Crippen LogP contribution in [0.3, 0.4) is 0 Å². The highest BCUT2D eigenvalue weighted by Gasteiger charge is 2.22. The molecule has 2 aromatic carbocycles. The van der Waals surface area contributed by atoms with Crippen molar-refractivity contribution in [1.82, 2.24) is 5.48 Å². The summed E-state index contributed by atoms with van der Waals surface area (Å²) in [6.07, 6.45) is 0. The average Bonchev–Trinajstić information content (AvgIpc) is 2.56. The second-order valence-electron chi connectivity index (χ2n) is 4.86. The molecule has 0 aliphatic rings. The van der Waals surface area contributed by atoms with E-state index in [-0.39, 0.29) is 0 Å². The van der Waals surface area contributed by atoms with Crippen molar-refractivity contribution in [3.05, 3.63) is 65.7 Å². The van der Waals surface area contributed by atoms with Crippen LogP contribution in [0.15, 0.2) is 54.6 Å². The van der Waals surface area contributed by atoms with Crippen LogP contribution in [-0.2, 0) is 9.53 Å². The predicted octanol–water partition coefficient (Wildman–Crippen LogP) is 2.38. The lowest BCUT2D eigenvalue weighted by Crippen LogP contribution is -2.27. The number of nitrogens with one attached hydrogen (secondary N) is 2. The Morgan fingerprint density at radius 1 is 1.14 bits per heavy atom. The van der Waals surface area contributed by atoms with E-state index < -0.39 is 11.8 Å². The molecule has 0 aliphatic heterocycles. The second kappa shape index (κ2) is 8.17. The normalized spacial score (nSPS) is 11.7. The summed E-state index contributed by atoms with van der Waals surface area (Å²) in [7, 11) is 1.65. The first-order valence-corrected chi connectivity index (χ1v) is 7.08. The smallest absolute Gasteiger partial charge is 0.255 e. The maximum Gasteiger partial charge on any atom is 0.255 e. The fraction of sp³-hybridized carbons (Fsp3) is 0.235. The summed E-state index contributed by atoms with van der Waals surface area (Å²) in [5, 5.41) is 12.3. The van der Waals surface area contributed by atoms with Gasteiger partial charge in [0.15, 0.2) is 0 Å². The van der Waals surface area contributed by atoms with Gasteiger partial charge in [0, 0.05) is 19.3 Å². The van der Waals surface area contributed by atoms with Gasteiger partial charge in [-0.05, 0) is 23.3 Å². The molecular weight excluding hydrogens is 280 g/mol. The topological polar surface area (TPSA) is 70.6 Å². The number of carbonyl (C=O) groups is 1. The van der Waals surface area contributed by atoms with Crippen molar-refractivity contribution in [2.24, 2.45) is 0 Å². The first kappa shape index (κ1) is 16.0. The summed E-state index contributed by atoms with van der Waals surface area (Å²) in [6, 6.07) is 16.9. The summed E-state index contributed by atoms with van der Waals surface area (Å²) in [5.41, 5.74) is 4.29. The molecule has 0 saturated carbocycles. The number of hydrogen-bond donors (Lipinski definition) is 3. The number of methoxy groups -OCH3 is 1. The molecule has 3 N–H and O–H groups in total. The van der Waals surface area contributed by atoms with Crippen molar-refractivity contribution in [1.29, 1.82) is 0 Å². The van der Waals surface area contributed by atoms with Gasteiger partial charge in [0.2, 0.25) is 0 Å². The molecule has 22 heavy (non-hydrogen) atoms. The molecule has 2 rings (SSSR count). The molecule has 1 atom stereocenters. The lowest BCUT2D eigenvalue weighted by Gasteiger charge is -2.17. The van der Waals surface area contributed by atoms with Crippen molar-refractivity contribution in [2.45, 2.75) is 5.92 Å². The van der Waals surface area contributed by atoms with Gasteiger partial charge in [-0.15, -0.1) is 0 Å². The van der Waals surface area contributed by atoms with Crippen LogP contribution in [0.25, 0.3) is 0 Å². The molecule has 0 fully saturated rings. The Bertz CT molecular complexity index is 602. The van der Waals surface area contributed by atoms with Crippen molar-refractivity contribution < 1.29 is 14.7 Å². The van der Waals surface area contributed by atoms with E-state index in [9.17, 15) is 4.79 Å². The Hall–Kier alpha value is -2.37. The Kier molecular flexibility index (Phi) is 5.94. The quantitative estimate of drug-likeness (QED) is 0.417. The molecule has 116 valence electrons. The minimum Gasteiger partial charge on any atom is -0.383 e. The van der Waals surface area contributed by atoms with Gasteiger partial charge in [-0.3, -0.25) is 10.0 Å². The van der Waals surface area contributed by atoms with Gasteiger partial charge >= 0.3 is 0 Å². The molecule has 2 aromatic rings. The van der Waals surface area contributed by atoms with Crippen molar-refractivity contribution in [3.8, 4) is 0 Å². The summed E-state index contributed by atoms with van der Waals surface area (Å²) < 4.78 is 5.01. The van der Waals surface area contributed by atoms with Crippen LogP contribution in [0.2, 0.25) is 0 Å². The fourth-order valence-corrected chi connectivity index (χ4v) is 2.33. The van der Waals surface area contributed by atoms with E-state index in [4.69, 9.17) is 9.94 Å². The minimum absolute atomic E-state index is 0.458. The number of benzene rings is 2. The van der Waals surface area contributed by atoms with E-state index in [0.29, 0.717) is 13.2 Å². The fourth-order valence-electron chi connectivity index (χ4n) is 2.33. The second-order valence-corrected chi connectivity index (χ2v) is 4.86. The lowest BCUT2D eigenvalue weighted by atomic mass is 9.90. The monoisotopic (exact) mass is 300 g/mol. The Balaban J connectivity index is 2.28. The number of anilines is 1. The molecule has 5 heteroatoms. The molecule has 0 aromatic heterocycles. The highest BCUT2D eigenvalue weighted by atomic mass is 16.5. The van der Waals surface area contributed by atoms with Crippen molar-refractivity contribution >= 4 is 11.6 Å². The number of amides is 1. The molecule has 0 heterocycles. The van der Waals surface area contributed by atoms with Crippen LogP contribution in [0.5, 0.6) is 0 Å². The number of ether oxygens (including phenoxy) is 1. The van der Waals surface area contributed by atoms with Crippen LogP contribution in [-0.4, -0.2) is 31.4 Å². The van der Waals surface area contributed by atoms with E-state index in [0.717, 1.165) is 16.8 Å². The zero-order valence-corrected chi connectivity index (χ0v) is 12.5. The van der Waals surface area contributed by atoms with Gasteiger partial charge in [0.25, 0.3) is 5.91 Å². The highest BCUT2D eigenvalue weighted by molar-refractivity contribution is 5.86. The third-order valence-electron chi connectivity index (χ3n) is 3.36. The molecule has 0 aliphatic carbocycles. The zero-order chi connectivity index (χ0) is 15.8. The summed E-state index contributed by atoms with van der Waals surface area (Å²) in [4.78, 5) is 12.1. The zero-order valence-electron chi connectivity index (χ0n) is 12.5. The lowest BCUT2D eigenvalue weighted by molar-refractivity contribution is -0.129. The van der Waals surface area contributed by atoms with E-state index >= 15 is 0 Å². The molecular formula is C17H20N2O3. The molecule has 5 nitrogen and oxygen atoms in total. The number of rotatable bonds is 7. The Morgan fingerprint density at radius 3 is 2.55 bits per heavy atom. The largest absolute Gasteiger partial charge is 0.383 e. The molecule has 0 spiro atoms. The standard InChI is InChI=1S/C17H20N2O3/c1-22-11-10-18-15-9-5-8-14(12-15)16(17(20)19-21)13-6-3-2-4-7-13/h2-9,12,16,18,21H,10-11H2,1H3,(H,19,20). The first-order valence-electron chi connectivity index (χ1n) is 7.08. The summed E-state index contributed by atoms with van der Waals surface area (Å²) in [5.74, 6) is -1.02. The van der Waals surface area contributed by atoms with Crippen LogP contribution in [0, 0.1) is 0 Å². The molecule has 0 bridgehead atoms. The first-order chi connectivity index (χ1) is 10.8. The molecule has 0 radical (unpaired) electrons. The third kappa shape index (κ3) is 4.07. The third-order valence-corrected chi connectivity index (χ3v) is 3.36. The van der Waals surface area contributed by atoms with Crippen LogP contribution in [0.1, 0.15) is 17.0 Å². The maximum absolute atomic E-state index is 12.1. The van der Waals surface area contributed by atoms with E-state index in [1.54, 1.807) is 12.6 Å². The van der Waals surface area contributed by atoms with Crippen LogP contribution in [0.4, 0.5) is 5.69 Å².